The van der Waals surface area contributed by atoms with Gasteiger partial charge in [-0.1, -0.05) is 6.58 Å². The maximum Gasteiger partial charge on any atom is 0.378 e. The molecule has 7 heteroatoms. The summed E-state index contributed by atoms with van der Waals surface area (Å²) in [6.07, 6.45) is 0.404. The van der Waals surface area contributed by atoms with Gasteiger partial charge in [-0.15, -0.1) is 0 Å². The van der Waals surface area contributed by atoms with Crippen molar-refractivity contribution in [3.05, 3.63) is 12.2 Å². The molecule has 0 aromatic heterocycles. The van der Waals surface area contributed by atoms with Crippen molar-refractivity contribution in [3.63, 3.8) is 0 Å². The summed E-state index contributed by atoms with van der Waals surface area (Å²) in [5, 5.41) is 0. The number of ether oxygens (including phenoxy) is 3. The second kappa shape index (κ2) is 5.23. The molecule has 0 amide bonds. The lowest BCUT2D eigenvalue weighted by molar-refractivity contribution is -0.168. The van der Waals surface area contributed by atoms with Crippen molar-refractivity contribution in [3.8, 4) is 0 Å². The topological polar surface area (TPSA) is 96.0 Å². The Labute approximate surface area is 126 Å². The summed E-state index contributed by atoms with van der Waals surface area (Å²) in [7, 11) is 0. The van der Waals surface area contributed by atoms with Gasteiger partial charge in [-0.2, -0.15) is 0 Å². The van der Waals surface area contributed by atoms with E-state index in [4.69, 9.17) is 9.47 Å². The standard InChI is InChI=1S/C15H16O7/c1-6(2)13(17)20-5-10(16)15(19)21-11-7-3-8-9(4-7)14(18)22-12(8)11/h7-9,11-12H,1,3-5H2,2H3. The average Bonchev–Trinajstić information content (AvgIpc) is 3.08. The average molecular weight is 308 g/mol. The third-order valence-electron chi connectivity index (χ3n) is 4.57. The smallest absolute Gasteiger partial charge is 0.378 e. The number of fused-ring (bicyclic) bond motifs is 1. The third-order valence-corrected chi connectivity index (χ3v) is 4.57. The highest BCUT2D eigenvalue weighted by Crippen LogP contribution is 2.55. The second-order valence-corrected chi connectivity index (χ2v) is 6.05. The van der Waals surface area contributed by atoms with E-state index >= 15 is 0 Å². The van der Waals surface area contributed by atoms with Crippen LogP contribution >= 0.6 is 0 Å². The number of rotatable bonds is 5. The number of hydrogen-bond donors (Lipinski definition) is 0. The molecule has 2 saturated carbocycles. The fraction of sp³-hybridized carbons (Fsp3) is 0.600. The maximum atomic E-state index is 11.8. The molecule has 2 aliphatic carbocycles. The van der Waals surface area contributed by atoms with Crippen LogP contribution in [0.3, 0.4) is 0 Å². The quantitative estimate of drug-likeness (QED) is 0.309. The number of Topliss-reactive ketones (excluding diaryl/α,β-unsaturated/α-hetero) is 1. The van der Waals surface area contributed by atoms with E-state index in [9.17, 15) is 19.2 Å². The van der Waals surface area contributed by atoms with Crippen LogP contribution in [0.5, 0.6) is 0 Å². The Bertz CT molecular complexity index is 578. The lowest BCUT2D eigenvalue weighted by Crippen LogP contribution is -2.38. The Morgan fingerprint density at radius 2 is 2.00 bits per heavy atom. The van der Waals surface area contributed by atoms with E-state index in [0.717, 1.165) is 6.42 Å². The molecule has 0 N–H and O–H groups in total. The van der Waals surface area contributed by atoms with Gasteiger partial charge < -0.3 is 14.2 Å². The van der Waals surface area contributed by atoms with Gasteiger partial charge in [0.1, 0.15) is 12.2 Å². The number of carbonyl (C=O) groups is 4. The third kappa shape index (κ3) is 2.30. The van der Waals surface area contributed by atoms with Crippen LogP contribution in [-0.4, -0.2) is 42.5 Å². The van der Waals surface area contributed by atoms with E-state index in [2.05, 4.69) is 11.3 Å². The lowest BCUT2D eigenvalue weighted by atomic mass is 9.88. The van der Waals surface area contributed by atoms with Crippen molar-refractivity contribution in [1.82, 2.24) is 0 Å². The Balaban J connectivity index is 1.54. The molecule has 3 aliphatic rings. The van der Waals surface area contributed by atoms with E-state index in [0.29, 0.717) is 6.42 Å². The van der Waals surface area contributed by atoms with E-state index in [1.807, 2.05) is 0 Å². The minimum absolute atomic E-state index is 0.0566. The molecular weight excluding hydrogens is 292 g/mol. The summed E-state index contributed by atoms with van der Waals surface area (Å²) in [5.41, 5.74) is 0.137. The molecule has 0 aromatic carbocycles. The molecule has 3 fully saturated rings. The van der Waals surface area contributed by atoms with Crippen LogP contribution in [0.4, 0.5) is 0 Å². The predicted molar refractivity (Wildman–Crippen MR) is 70.2 cm³/mol. The number of carbonyl (C=O) groups excluding carboxylic acids is 4. The van der Waals surface area contributed by atoms with Gasteiger partial charge in [-0.05, 0) is 19.8 Å². The van der Waals surface area contributed by atoms with E-state index in [-0.39, 0.29) is 29.3 Å². The molecule has 118 valence electrons. The fourth-order valence-electron chi connectivity index (χ4n) is 3.57. The van der Waals surface area contributed by atoms with E-state index in [1.165, 1.54) is 6.92 Å². The van der Waals surface area contributed by atoms with Gasteiger partial charge in [0.15, 0.2) is 6.61 Å². The van der Waals surface area contributed by atoms with Crippen molar-refractivity contribution < 1.29 is 33.4 Å². The summed E-state index contributed by atoms with van der Waals surface area (Å²) in [4.78, 5) is 46.2. The van der Waals surface area contributed by atoms with Crippen LogP contribution in [0.1, 0.15) is 19.8 Å². The van der Waals surface area contributed by atoms with Gasteiger partial charge in [0.25, 0.3) is 5.78 Å². The van der Waals surface area contributed by atoms with Crippen molar-refractivity contribution in [1.29, 1.82) is 0 Å². The Kier molecular flexibility index (Phi) is 3.50. The highest BCUT2D eigenvalue weighted by molar-refractivity contribution is 6.34. The zero-order valence-corrected chi connectivity index (χ0v) is 12.1. The predicted octanol–water partition coefficient (Wildman–Crippen LogP) is 0.168. The SMILES string of the molecule is C=C(C)C(=O)OCC(=O)C(=O)OC1C2CC3C(=O)OC1C3C2. The van der Waals surface area contributed by atoms with Crippen LogP contribution in [0.15, 0.2) is 12.2 Å². The molecule has 1 aliphatic heterocycles. The van der Waals surface area contributed by atoms with Gasteiger partial charge >= 0.3 is 17.9 Å². The zero-order valence-electron chi connectivity index (χ0n) is 12.1. The maximum absolute atomic E-state index is 11.8. The number of esters is 3. The van der Waals surface area contributed by atoms with Gasteiger partial charge in [0.05, 0.1) is 5.92 Å². The Morgan fingerprint density at radius 1 is 1.27 bits per heavy atom. The molecule has 1 heterocycles. The van der Waals surface area contributed by atoms with Gasteiger partial charge in [-0.3, -0.25) is 9.59 Å². The fourth-order valence-corrected chi connectivity index (χ4v) is 3.57. The first kappa shape index (κ1) is 14.7. The number of ketones is 1. The molecule has 22 heavy (non-hydrogen) atoms. The van der Waals surface area contributed by atoms with Crippen molar-refractivity contribution in [2.24, 2.45) is 17.8 Å². The highest BCUT2D eigenvalue weighted by Gasteiger charge is 2.63. The molecule has 2 bridgehead atoms. The van der Waals surface area contributed by atoms with Crippen molar-refractivity contribution in [2.45, 2.75) is 32.0 Å². The van der Waals surface area contributed by atoms with Crippen LogP contribution in [0.25, 0.3) is 0 Å². The monoisotopic (exact) mass is 308 g/mol. The lowest BCUT2D eigenvalue weighted by Gasteiger charge is -2.24. The Morgan fingerprint density at radius 3 is 2.68 bits per heavy atom. The summed E-state index contributed by atoms with van der Waals surface area (Å²) in [6.45, 7) is 4.12. The van der Waals surface area contributed by atoms with Crippen LogP contribution < -0.4 is 0 Å². The molecule has 0 spiro atoms. The second-order valence-electron chi connectivity index (χ2n) is 6.05. The normalized spacial score (nSPS) is 34.2. The summed E-state index contributed by atoms with van der Waals surface area (Å²) in [6, 6.07) is 0. The van der Waals surface area contributed by atoms with Gasteiger partial charge in [-0.25, -0.2) is 9.59 Å². The van der Waals surface area contributed by atoms with Crippen LogP contribution in [0.2, 0.25) is 0 Å². The first-order chi connectivity index (χ1) is 10.4. The first-order valence-electron chi connectivity index (χ1n) is 7.15. The summed E-state index contributed by atoms with van der Waals surface area (Å²) >= 11 is 0. The zero-order chi connectivity index (χ0) is 16.0. The van der Waals surface area contributed by atoms with Gasteiger partial charge in [0.2, 0.25) is 0 Å². The van der Waals surface area contributed by atoms with Crippen LogP contribution in [0, 0.1) is 17.8 Å². The first-order valence-corrected chi connectivity index (χ1v) is 7.15. The molecule has 0 aromatic rings. The molecule has 1 saturated heterocycles. The molecule has 5 atom stereocenters. The van der Waals surface area contributed by atoms with Crippen molar-refractivity contribution >= 4 is 23.7 Å². The summed E-state index contributed by atoms with van der Waals surface area (Å²) < 4.78 is 15.1. The van der Waals surface area contributed by atoms with Gasteiger partial charge in [0, 0.05) is 17.4 Å². The Hall–Kier alpha value is -2.18. The molecular formula is C15H16O7. The van der Waals surface area contributed by atoms with E-state index < -0.39 is 36.5 Å². The van der Waals surface area contributed by atoms with E-state index in [1.54, 1.807) is 0 Å². The molecule has 3 rings (SSSR count). The molecule has 5 unspecified atom stereocenters. The minimum atomic E-state index is -1.06. The molecule has 0 radical (unpaired) electrons. The molecule has 7 nitrogen and oxygen atoms in total. The van der Waals surface area contributed by atoms with Crippen molar-refractivity contribution in [2.75, 3.05) is 6.61 Å². The summed E-state index contributed by atoms with van der Waals surface area (Å²) in [5.74, 6) is -2.93. The highest BCUT2D eigenvalue weighted by atomic mass is 16.6. The number of hydrogen-bond acceptors (Lipinski definition) is 7. The van der Waals surface area contributed by atoms with Crippen LogP contribution in [-0.2, 0) is 33.4 Å². The minimum Gasteiger partial charge on any atom is -0.458 e. The largest absolute Gasteiger partial charge is 0.458 e.